The lowest BCUT2D eigenvalue weighted by Gasteiger charge is -1.95. The number of pyridine rings is 1. The van der Waals surface area contributed by atoms with Crippen molar-refractivity contribution >= 4 is 5.82 Å². The smallest absolute Gasteiger partial charge is 0.349 e. The second-order valence-corrected chi connectivity index (χ2v) is 2.09. The summed E-state index contributed by atoms with van der Waals surface area (Å²) in [5.41, 5.74) is 6.79. The maximum absolute atomic E-state index is 8.62. The van der Waals surface area contributed by atoms with E-state index in [4.69, 9.17) is 10.6 Å². The van der Waals surface area contributed by atoms with Crippen molar-refractivity contribution < 1.29 is 9.67 Å². The van der Waals surface area contributed by atoms with Crippen LogP contribution in [0.15, 0.2) is 29.5 Å². The van der Waals surface area contributed by atoms with Gasteiger partial charge in [0.1, 0.15) is 6.54 Å². The number of hydrogen-bond donors (Lipinski definition) is 2. The van der Waals surface area contributed by atoms with Gasteiger partial charge in [-0.05, 0) is 6.07 Å². The van der Waals surface area contributed by atoms with E-state index >= 15 is 0 Å². The molecule has 0 fully saturated rings. The first-order chi connectivity index (χ1) is 5.38. The molecule has 0 atom stereocenters. The normalized spacial score (nSPS) is 9.55. The van der Waals surface area contributed by atoms with Crippen molar-refractivity contribution in [2.75, 3.05) is 6.61 Å². The third kappa shape index (κ3) is 1.81. The van der Waals surface area contributed by atoms with Crippen LogP contribution in [0.3, 0.4) is 0 Å². The van der Waals surface area contributed by atoms with Crippen LogP contribution in [0.4, 0.5) is 5.82 Å². The first kappa shape index (κ1) is 7.81. The Kier molecular flexibility index (Phi) is 2.68. The first-order valence-corrected chi connectivity index (χ1v) is 3.35. The van der Waals surface area contributed by atoms with Gasteiger partial charge in [-0.1, -0.05) is 11.6 Å². The molecule has 11 heavy (non-hydrogen) atoms. The zero-order chi connectivity index (χ0) is 8.10. The topological polar surface area (TPSA) is 60.3 Å². The predicted molar refractivity (Wildman–Crippen MR) is 38.5 cm³/mol. The quantitative estimate of drug-likeness (QED) is 0.484. The lowest BCUT2D eigenvalue weighted by molar-refractivity contribution is -0.685. The molecule has 0 aliphatic rings. The van der Waals surface area contributed by atoms with E-state index in [0.29, 0.717) is 12.4 Å². The molecule has 2 N–H and O–H groups in total. The summed E-state index contributed by atoms with van der Waals surface area (Å²) >= 11 is 0. The minimum Gasteiger partial charge on any atom is -0.392 e. The van der Waals surface area contributed by atoms with Crippen molar-refractivity contribution in [3.8, 4) is 0 Å². The maximum atomic E-state index is 8.62. The van der Waals surface area contributed by atoms with Crippen molar-refractivity contribution in [3.05, 3.63) is 24.4 Å². The van der Waals surface area contributed by atoms with Crippen LogP contribution in [-0.2, 0) is 6.54 Å². The van der Waals surface area contributed by atoms with Crippen molar-refractivity contribution in [1.29, 1.82) is 5.53 Å². The van der Waals surface area contributed by atoms with Crippen LogP contribution in [0.1, 0.15) is 0 Å². The molecule has 58 valence electrons. The van der Waals surface area contributed by atoms with E-state index in [1.807, 2.05) is 6.07 Å². The second-order valence-electron chi connectivity index (χ2n) is 2.09. The van der Waals surface area contributed by atoms with E-state index in [9.17, 15) is 0 Å². The van der Waals surface area contributed by atoms with Gasteiger partial charge in [-0.3, -0.25) is 0 Å². The molecule has 0 aliphatic carbocycles. The Morgan fingerprint density at radius 1 is 1.55 bits per heavy atom. The van der Waals surface area contributed by atoms with Crippen LogP contribution >= 0.6 is 0 Å². The van der Waals surface area contributed by atoms with E-state index in [-0.39, 0.29) is 6.61 Å². The van der Waals surface area contributed by atoms with E-state index in [0.717, 1.165) is 0 Å². The minimum absolute atomic E-state index is 0.0667. The van der Waals surface area contributed by atoms with Gasteiger partial charge in [-0.15, -0.1) is 0 Å². The summed E-state index contributed by atoms with van der Waals surface area (Å²) in [5, 5.41) is 11.9. The highest BCUT2D eigenvalue weighted by Crippen LogP contribution is 2.00. The number of aliphatic hydroxyl groups is 1. The van der Waals surface area contributed by atoms with Gasteiger partial charge in [0.15, 0.2) is 0 Å². The van der Waals surface area contributed by atoms with Crippen LogP contribution in [0.2, 0.25) is 0 Å². The molecule has 0 bridgehead atoms. The van der Waals surface area contributed by atoms with Gasteiger partial charge in [0, 0.05) is 6.07 Å². The molecule has 0 aliphatic heterocycles. The van der Waals surface area contributed by atoms with Crippen LogP contribution in [0, 0.1) is 5.53 Å². The Morgan fingerprint density at radius 2 is 2.36 bits per heavy atom. The number of aromatic nitrogens is 1. The maximum Gasteiger partial charge on any atom is 0.349 e. The van der Waals surface area contributed by atoms with Crippen molar-refractivity contribution in [1.82, 2.24) is 0 Å². The number of nitrogens with one attached hydrogen (secondary N) is 1. The molecule has 4 nitrogen and oxygen atoms in total. The van der Waals surface area contributed by atoms with Gasteiger partial charge in [0.2, 0.25) is 0 Å². The van der Waals surface area contributed by atoms with Crippen molar-refractivity contribution in [3.63, 3.8) is 0 Å². The summed E-state index contributed by atoms with van der Waals surface area (Å²) in [5.74, 6) is 0.557. The SMILES string of the molecule is N=Nc1cccc[n+]1CCO. The number of hydrogen-bond acceptors (Lipinski definition) is 3. The highest BCUT2D eigenvalue weighted by Gasteiger charge is 2.04. The molecule has 0 saturated carbocycles. The van der Waals surface area contributed by atoms with Gasteiger partial charge in [0.25, 0.3) is 0 Å². The van der Waals surface area contributed by atoms with Gasteiger partial charge in [0.05, 0.1) is 17.9 Å². The molecule has 1 heterocycles. The first-order valence-electron chi connectivity index (χ1n) is 3.35. The van der Waals surface area contributed by atoms with Crippen molar-refractivity contribution in [2.45, 2.75) is 6.54 Å². The fourth-order valence-electron chi connectivity index (χ4n) is 0.866. The largest absolute Gasteiger partial charge is 0.392 e. The van der Waals surface area contributed by atoms with Gasteiger partial charge in [-0.2, -0.15) is 0 Å². The molecule has 4 heteroatoms. The summed E-state index contributed by atoms with van der Waals surface area (Å²) in [6.07, 6.45) is 1.78. The highest BCUT2D eigenvalue weighted by molar-refractivity contribution is 5.16. The van der Waals surface area contributed by atoms with Crippen LogP contribution in [-0.4, -0.2) is 11.7 Å². The van der Waals surface area contributed by atoms with Gasteiger partial charge < -0.3 is 5.11 Å². The number of aliphatic hydroxyl groups excluding tert-OH is 1. The lowest BCUT2D eigenvalue weighted by atomic mass is 10.4. The average molecular weight is 152 g/mol. The Hall–Kier alpha value is -1.29. The third-order valence-corrected chi connectivity index (χ3v) is 1.37. The Bertz CT molecular complexity index is 249. The summed E-state index contributed by atoms with van der Waals surface area (Å²) < 4.78 is 1.72. The fourth-order valence-corrected chi connectivity index (χ4v) is 0.866. The molecule has 0 amide bonds. The van der Waals surface area contributed by atoms with E-state index in [1.54, 1.807) is 22.9 Å². The molecular weight excluding hydrogens is 142 g/mol. The minimum atomic E-state index is 0.0667. The van der Waals surface area contributed by atoms with Gasteiger partial charge in [-0.25, -0.2) is 4.57 Å². The standard InChI is InChI=1S/C7H10N3O/c8-9-7-3-1-2-4-10(7)5-6-11/h1-4,8,11H,5-6H2/q+1. The van der Waals surface area contributed by atoms with Gasteiger partial charge >= 0.3 is 5.82 Å². The molecule has 0 radical (unpaired) electrons. The number of nitrogens with zero attached hydrogens (tertiary/aromatic N) is 2. The monoisotopic (exact) mass is 152 g/mol. The molecule has 1 aromatic heterocycles. The van der Waals surface area contributed by atoms with Crippen LogP contribution in [0.5, 0.6) is 0 Å². The summed E-state index contributed by atoms with van der Waals surface area (Å²) in [6.45, 7) is 0.551. The Labute approximate surface area is 64.6 Å². The number of rotatable bonds is 3. The Balaban J connectivity index is 2.92. The van der Waals surface area contributed by atoms with E-state index < -0.39 is 0 Å². The molecule has 1 aromatic rings. The fraction of sp³-hybridized carbons (Fsp3) is 0.286. The molecule has 0 aromatic carbocycles. The van der Waals surface area contributed by atoms with E-state index in [1.165, 1.54) is 0 Å². The van der Waals surface area contributed by atoms with Crippen molar-refractivity contribution in [2.24, 2.45) is 5.11 Å². The molecule has 1 rings (SSSR count). The Morgan fingerprint density at radius 3 is 3.00 bits per heavy atom. The molecule has 0 saturated heterocycles. The summed E-state index contributed by atoms with van der Waals surface area (Å²) in [7, 11) is 0. The lowest BCUT2D eigenvalue weighted by Crippen LogP contribution is -2.34. The molecule has 0 spiro atoms. The third-order valence-electron chi connectivity index (χ3n) is 1.37. The van der Waals surface area contributed by atoms with Crippen LogP contribution in [0.25, 0.3) is 0 Å². The van der Waals surface area contributed by atoms with Crippen LogP contribution < -0.4 is 4.57 Å². The zero-order valence-corrected chi connectivity index (χ0v) is 6.07. The zero-order valence-electron chi connectivity index (χ0n) is 6.07. The van der Waals surface area contributed by atoms with E-state index in [2.05, 4.69) is 5.11 Å². The summed E-state index contributed by atoms with van der Waals surface area (Å²) in [6, 6.07) is 5.37. The molecule has 0 unspecified atom stereocenters. The summed E-state index contributed by atoms with van der Waals surface area (Å²) in [4.78, 5) is 0. The highest BCUT2D eigenvalue weighted by atomic mass is 16.3. The average Bonchev–Trinajstić information content (AvgIpc) is 2.06. The second kappa shape index (κ2) is 3.78. The molecular formula is C7H10N3O+. The predicted octanol–water partition coefficient (Wildman–Crippen LogP) is 0.629.